The molecule has 0 aliphatic carbocycles. The number of aliphatic hydroxyl groups is 1. The molecule has 0 saturated carbocycles. The molecule has 1 aromatic heterocycles. The summed E-state index contributed by atoms with van der Waals surface area (Å²) < 4.78 is 10.6. The van der Waals surface area contributed by atoms with Gasteiger partial charge in [-0.25, -0.2) is 0 Å². The van der Waals surface area contributed by atoms with Crippen molar-refractivity contribution >= 4 is 0 Å². The number of nitrogens with one attached hydrogen (secondary N) is 1. The largest absolute Gasteiger partial charge is 0.496 e. The van der Waals surface area contributed by atoms with Crippen LogP contribution in [0.15, 0.2) is 28.8 Å². The van der Waals surface area contributed by atoms with Crippen molar-refractivity contribution in [3.05, 3.63) is 41.5 Å². The quantitative estimate of drug-likeness (QED) is 0.868. The van der Waals surface area contributed by atoms with Crippen LogP contribution in [0, 0.1) is 0 Å². The lowest BCUT2D eigenvalue weighted by atomic mass is 10.1. The normalized spacial score (nSPS) is 22.1. The van der Waals surface area contributed by atoms with E-state index in [-0.39, 0.29) is 12.1 Å². The highest BCUT2D eigenvalue weighted by Crippen LogP contribution is 2.24. The van der Waals surface area contributed by atoms with Gasteiger partial charge in [-0.3, -0.25) is 0 Å². The van der Waals surface area contributed by atoms with Crippen molar-refractivity contribution in [1.29, 1.82) is 0 Å². The number of methoxy groups -OCH3 is 1. The Morgan fingerprint density at radius 1 is 1.45 bits per heavy atom. The van der Waals surface area contributed by atoms with E-state index in [0.29, 0.717) is 31.1 Å². The van der Waals surface area contributed by atoms with Gasteiger partial charge in [0.2, 0.25) is 5.89 Å². The second kappa shape index (κ2) is 5.60. The Morgan fingerprint density at radius 3 is 3.05 bits per heavy atom. The van der Waals surface area contributed by atoms with Gasteiger partial charge in [0.1, 0.15) is 5.75 Å². The van der Waals surface area contributed by atoms with Crippen LogP contribution in [0.4, 0.5) is 0 Å². The first kappa shape index (κ1) is 13.1. The van der Waals surface area contributed by atoms with Gasteiger partial charge in [-0.2, -0.15) is 4.98 Å². The minimum atomic E-state index is -0.343. The molecule has 106 valence electrons. The highest BCUT2D eigenvalue weighted by molar-refractivity contribution is 5.35. The van der Waals surface area contributed by atoms with Crippen LogP contribution in [0.1, 0.15) is 29.7 Å². The van der Waals surface area contributed by atoms with Crippen molar-refractivity contribution in [2.24, 2.45) is 0 Å². The fourth-order valence-corrected chi connectivity index (χ4v) is 2.41. The van der Waals surface area contributed by atoms with Crippen LogP contribution in [0.2, 0.25) is 0 Å². The minimum absolute atomic E-state index is 0.0519. The Kier molecular flexibility index (Phi) is 3.66. The van der Waals surface area contributed by atoms with Gasteiger partial charge in [-0.15, -0.1) is 0 Å². The summed E-state index contributed by atoms with van der Waals surface area (Å²) in [7, 11) is 1.64. The lowest BCUT2D eigenvalue weighted by Crippen LogP contribution is -2.15. The summed E-state index contributed by atoms with van der Waals surface area (Å²) in [6.07, 6.45) is 0.823. The van der Waals surface area contributed by atoms with Crippen molar-refractivity contribution in [2.45, 2.75) is 25.0 Å². The van der Waals surface area contributed by atoms with E-state index in [1.165, 1.54) is 0 Å². The number of benzene rings is 1. The maximum atomic E-state index is 9.50. The third-order valence-electron chi connectivity index (χ3n) is 3.43. The Hall–Kier alpha value is -1.92. The molecular weight excluding hydrogens is 258 g/mol. The predicted molar refractivity (Wildman–Crippen MR) is 71.5 cm³/mol. The van der Waals surface area contributed by atoms with E-state index in [1.807, 2.05) is 24.3 Å². The first-order chi connectivity index (χ1) is 9.76. The lowest BCUT2D eigenvalue weighted by Gasteiger charge is -2.05. The first-order valence-electron chi connectivity index (χ1n) is 6.62. The van der Waals surface area contributed by atoms with Gasteiger partial charge in [0.25, 0.3) is 0 Å². The van der Waals surface area contributed by atoms with Gasteiger partial charge in [-0.1, -0.05) is 23.4 Å². The molecule has 1 saturated heterocycles. The van der Waals surface area contributed by atoms with Crippen molar-refractivity contribution < 1.29 is 14.4 Å². The van der Waals surface area contributed by atoms with Crippen molar-refractivity contribution in [3.8, 4) is 5.75 Å². The van der Waals surface area contributed by atoms with E-state index < -0.39 is 0 Å². The Labute approximate surface area is 116 Å². The summed E-state index contributed by atoms with van der Waals surface area (Å²) in [5.41, 5.74) is 1.02. The summed E-state index contributed by atoms with van der Waals surface area (Å²) in [5, 5.41) is 16.6. The average Bonchev–Trinajstić information content (AvgIpc) is 3.08. The molecule has 1 fully saturated rings. The minimum Gasteiger partial charge on any atom is -0.496 e. The van der Waals surface area contributed by atoms with E-state index >= 15 is 0 Å². The highest BCUT2D eigenvalue weighted by atomic mass is 16.5. The Bertz CT molecular complexity index is 585. The van der Waals surface area contributed by atoms with Crippen LogP contribution in [0.25, 0.3) is 0 Å². The SMILES string of the molecule is COc1ccccc1Cc1noc([C@H]2C[C@H](O)CN2)n1. The van der Waals surface area contributed by atoms with Crippen LogP contribution in [0.3, 0.4) is 0 Å². The Balaban J connectivity index is 1.74. The third-order valence-corrected chi connectivity index (χ3v) is 3.43. The Morgan fingerprint density at radius 2 is 2.30 bits per heavy atom. The molecule has 3 rings (SSSR count). The van der Waals surface area contributed by atoms with Crippen molar-refractivity contribution in [2.75, 3.05) is 13.7 Å². The zero-order valence-electron chi connectivity index (χ0n) is 11.2. The second-order valence-electron chi connectivity index (χ2n) is 4.89. The molecule has 1 aromatic carbocycles. The highest BCUT2D eigenvalue weighted by Gasteiger charge is 2.28. The lowest BCUT2D eigenvalue weighted by molar-refractivity contribution is 0.191. The van der Waals surface area contributed by atoms with E-state index in [1.54, 1.807) is 7.11 Å². The molecule has 0 unspecified atom stereocenters. The van der Waals surface area contributed by atoms with Gasteiger partial charge in [0.05, 0.1) is 19.3 Å². The number of hydrogen-bond donors (Lipinski definition) is 2. The average molecular weight is 275 g/mol. The molecule has 6 heteroatoms. The van der Waals surface area contributed by atoms with Gasteiger partial charge in [0.15, 0.2) is 5.82 Å². The molecule has 1 aliphatic rings. The summed E-state index contributed by atoms with van der Waals surface area (Å²) in [6, 6.07) is 7.71. The number of ether oxygens (including phenoxy) is 1. The summed E-state index contributed by atoms with van der Waals surface area (Å²) in [6.45, 7) is 0.564. The predicted octanol–water partition coefficient (Wildman–Crippen LogP) is 1.06. The summed E-state index contributed by atoms with van der Waals surface area (Å²) in [5.74, 6) is 1.97. The molecule has 2 N–H and O–H groups in total. The molecule has 0 bridgehead atoms. The maximum absolute atomic E-state index is 9.50. The van der Waals surface area contributed by atoms with Crippen LogP contribution in [-0.2, 0) is 6.42 Å². The van der Waals surface area contributed by atoms with Crippen LogP contribution in [0.5, 0.6) is 5.75 Å². The molecule has 0 amide bonds. The van der Waals surface area contributed by atoms with E-state index in [2.05, 4.69) is 15.5 Å². The maximum Gasteiger partial charge on any atom is 0.243 e. The number of hydrogen-bond acceptors (Lipinski definition) is 6. The third kappa shape index (κ3) is 2.66. The van der Waals surface area contributed by atoms with Crippen LogP contribution in [-0.4, -0.2) is 35.0 Å². The summed E-state index contributed by atoms with van der Waals surface area (Å²) in [4.78, 5) is 4.39. The van der Waals surface area contributed by atoms with Crippen LogP contribution >= 0.6 is 0 Å². The number of rotatable bonds is 4. The van der Waals surface area contributed by atoms with Gasteiger partial charge < -0.3 is 19.7 Å². The van der Waals surface area contributed by atoms with Crippen LogP contribution < -0.4 is 10.1 Å². The van der Waals surface area contributed by atoms with Gasteiger partial charge in [0, 0.05) is 18.5 Å². The smallest absolute Gasteiger partial charge is 0.243 e. The second-order valence-corrected chi connectivity index (χ2v) is 4.89. The number of aromatic nitrogens is 2. The van der Waals surface area contributed by atoms with Crippen molar-refractivity contribution in [3.63, 3.8) is 0 Å². The fraction of sp³-hybridized carbons (Fsp3) is 0.429. The van der Waals surface area contributed by atoms with Gasteiger partial charge >= 0.3 is 0 Å². The molecule has 6 nitrogen and oxygen atoms in total. The molecular formula is C14H17N3O3. The number of β-amino-alcohol motifs (C(OH)–C–C–N with tert-alkyl or cyclic N) is 1. The zero-order valence-corrected chi connectivity index (χ0v) is 11.2. The standard InChI is InChI=1S/C14H17N3O3/c1-19-12-5-3-2-4-9(12)6-13-16-14(20-17-13)11-7-10(18)8-15-11/h2-5,10-11,15,18H,6-8H2,1H3/t10-,11+/m0/s1. The summed E-state index contributed by atoms with van der Waals surface area (Å²) >= 11 is 0. The molecule has 2 heterocycles. The fourth-order valence-electron chi connectivity index (χ4n) is 2.41. The number of nitrogens with zero attached hydrogens (tertiary/aromatic N) is 2. The first-order valence-corrected chi connectivity index (χ1v) is 6.62. The molecule has 0 radical (unpaired) electrons. The molecule has 20 heavy (non-hydrogen) atoms. The number of aliphatic hydroxyl groups excluding tert-OH is 1. The number of para-hydroxylation sites is 1. The van der Waals surface area contributed by atoms with Crippen molar-refractivity contribution in [1.82, 2.24) is 15.5 Å². The zero-order chi connectivity index (χ0) is 13.9. The topological polar surface area (TPSA) is 80.4 Å². The van der Waals surface area contributed by atoms with E-state index in [4.69, 9.17) is 9.26 Å². The van der Waals surface area contributed by atoms with Gasteiger partial charge in [-0.05, 0) is 12.5 Å². The molecule has 0 spiro atoms. The van der Waals surface area contributed by atoms with E-state index in [9.17, 15) is 5.11 Å². The van der Waals surface area contributed by atoms with E-state index in [0.717, 1.165) is 11.3 Å². The molecule has 1 aliphatic heterocycles. The molecule has 2 aromatic rings. The molecule has 2 atom stereocenters. The monoisotopic (exact) mass is 275 g/mol.